The van der Waals surface area contributed by atoms with Gasteiger partial charge in [-0.1, -0.05) is 0 Å². The number of carboxylic acids is 1. The first-order valence-electron chi connectivity index (χ1n) is 5.58. The van der Waals surface area contributed by atoms with Gasteiger partial charge >= 0.3 is 5.97 Å². The largest absolute Gasteiger partial charge is 0.481 e. The Bertz CT molecular complexity index is 362. The predicted octanol–water partition coefficient (Wildman–Crippen LogP) is 0.596. The van der Waals surface area contributed by atoms with Gasteiger partial charge in [0.05, 0.1) is 12.7 Å². The van der Waals surface area contributed by atoms with E-state index in [1.807, 2.05) is 11.5 Å². The molecule has 1 heterocycles. The maximum atomic E-state index is 11.8. The van der Waals surface area contributed by atoms with E-state index in [2.05, 4.69) is 4.98 Å². The van der Waals surface area contributed by atoms with E-state index in [9.17, 15) is 9.59 Å². The van der Waals surface area contributed by atoms with Crippen LogP contribution in [-0.2, 0) is 16.1 Å². The molecule has 0 fully saturated rings. The number of aliphatic carboxylic acids is 1. The Morgan fingerprint density at radius 2 is 2.18 bits per heavy atom. The Morgan fingerprint density at radius 3 is 2.71 bits per heavy atom. The van der Waals surface area contributed by atoms with Gasteiger partial charge < -0.3 is 14.6 Å². The third kappa shape index (κ3) is 4.67. The smallest absolute Gasteiger partial charge is 0.305 e. The molecule has 0 saturated heterocycles. The SMILES string of the molecule is CCN(CCC(=O)O)C(=O)CCn1ccnc1. The summed E-state index contributed by atoms with van der Waals surface area (Å²) in [5.74, 6) is -0.909. The van der Waals surface area contributed by atoms with Gasteiger partial charge in [0.25, 0.3) is 0 Å². The van der Waals surface area contributed by atoms with Crippen LogP contribution in [0.2, 0.25) is 0 Å². The Hall–Kier alpha value is -1.85. The van der Waals surface area contributed by atoms with Crippen LogP contribution in [0.1, 0.15) is 19.8 Å². The molecule has 0 aliphatic carbocycles. The van der Waals surface area contributed by atoms with E-state index in [0.29, 0.717) is 19.5 Å². The molecule has 0 bridgehead atoms. The lowest BCUT2D eigenvalue weighted by Crippen LogP contribution is -2.33. The first kappa shape index (κ1) is 13.2. The van der Waals surface area contributed by atoms with Crippen molar-refractivity contribution in [1.82, 2.24) is 14.5 Å². The molecule has 0 saturated carbocycles. The van der Waals surface area contributed by atoms with Crippen LogP contribution < -0.4 is 0 Å². The molecule has 1 N–H and O–H groups in total. The van der Waals surface area contributed by atoms with E-state index in [4.69, 9.17) is 5.11 Å². The molecule has 0 unspecified atom stereocenters. The molecule has 0 radical (unpaired) electrons. The van der Waals surface area contributed by atoms with Crippen molar-refractivity contribution < 1.29 is 14.7 Å². The van der Waals surface area contributed by atoms with Crippen molar-refractivity contribution in [2.75, 3.05) is 13.1 Å². The number of hydrogen-bond donors (Lipinski definition) is 1. The lowest BCUT2D eigenvalue weighted by atomic mass is 10.3. The number of aromatic nitrogens is 2. The zero-order chi connectivity index (χ0) is 12.7. The topological polar surface area (TPSA) is 75.4 Å². The minimum absolute atomic E-state index is 0.00927. The number of carbonyl (C=O) groups is 2. The summed E-state index contributed by atoms with van der Waals surface area (Å²) >= 11 is 0. The highest BCUT2D eigenvalue weighted by molar-refractivity contribution is 5.76. The van der Waals surface area contributed by atoms with Crippen molar-refractivity contribution in [3.8, 4) is 0 Å². The third-order valence-corrected chi connectivity index (χ3v) is 2.47. The van der Waals surface area contributed by atoms with Gasteiger partial charge in [0.2, 0.25) is 5.91 Å². The fourth-order valence-corrected chi connectivity index (χ4v) is 1.49. The highest BCUT2D eigenvalue weighted by Crippen LogP contribution is 1.99. The van der Waals surface area contributed by atoms with E-state index in [1.165, 1.54) is 0 Å². The average molecular weight is 239 g/mol. The van der Waals surface area contributed by atoms with E-state index in [-0.39, 0.29) is 18.9 Å². The summed E-state index contributed by atoms with van der Waals surface area (Å²) in [7, 11) is 0. The van der Waals surface area contributed by atoms with Crippen LogP contribution in [0.25, 0.3) is 0 Å². The van der Waals surface area contributed by atoms with Crippen LogP contribution in [0.3, 0.4) is 0 Å². The Kier molecular flexibility index (Phi) is 5.19. The van der Waals surface area contributed by atoms with Gasteiger partial charge in [-0.2, -0.15) is 0 Å². The number of hydrogen-bond acceptors (Lipinski definition) is 3. The maximum Gasteiger partial charge on any atom is 0.305 e. The molecule has 1 rings (SSSR count). The number of imidazole rings is 1. The van der Waals surface area contributed by atoms with Crippen molar-refractivity contribution in [1.29, 1.82) is 0 Å². The number of aryl methyl sites for hydroxylation is 1. The molecule has 0 aromatic carbocycles. The van der Waals surface area contributed by atoms with Crippen LogP contribution >= 0.6 is 0 Å². The first-order valence-corrected chi connectivity index (χ1v) is 5.58. The maximum absolute atomic E-state index is 11.8. The fraction of sp³-hybridized carbons (Fsp3) is 0.545. The summed E-state index contributed by atoms with van der Waals surface area (Å²) < 4.78 is 1.82. The molecule has 0 aliphatic rings. The van der Waals surface area contributed by atoms with Crippen LogP contribution in [0.4, 0.5) is 0 Å². The fourth-order valence-electron chi connectivity index (χ4n) is 1.49. The molecular weight excluding hydrogens is 222 g/mol. The Morgan fingerprint density at radius 1 is 1.41 bits per heavy atom. The second-order valence-corrected chi connectivity index (χ2v) is 3.67. The van der Waals surface area contributed by atoms with Crippen LogP contribution in [0.5, 0.6) is 0 Å². The van der Waals surface area contributed by atoms with Crippen LogP contribution in [0, 0.1) is 0 Å². The number of carbonyl (C=O) groups excluding carboxylic acids is 1. The van der Waals surface area contributed by atoms with Crippen molar-refractivity contribution in [3.05, 3.63) is 18.7 Å². The van der Waals surface area contributed by atoms with Crippen molar-refractivity contribution in [2.24, 2.45) is 0 Å². The normalized spacial score (nSPS) is 10.2. The van der Waals surface area contributed by atoms with Crippen molar-refractivity contribution in [2.45, 2.75) is 26.3 Å². The molecule has 94 valence electrons. The van der Waals surface area contributed by atoms with E-state index >= 15 is 0 Å². The van der Waals surface area contributed by atoms with E-state index in [0.717, 1.165) is 0 Å². The quantitative estimate of drug-likeness (QED) is 0.756. The van der Waals surface area contributed by atoms with E-state index < -0.39 is 5.97 Å². The van der Waals surface area contributed by atoms with Gasteiger partial charge in [-0.15, -0.1) is 0 Å². The summed E-state index contributed by atoms with van der Waals surface area (Å²) in [6, 6.07) is 0. The molecule has 0 aliphatic heterocycles. The zero-order valence-corrected chi connectivity index (χ0v) is 9.87. The van der Waals surface area contributed by atoms with Crippen LogP contribution in [0.15, 0.2) is 18.7 Å². The van der Waals surface area contributed by atoms with Gasteiger partial charge in [-0.3, -0.25) is 9.59 Å². The minimum Gasteiger partial charge on any atom is -0.481 e. The molecule has 1 amide bonds. The zero-order valence-electron chi connectivity index (χ0n) is 9.87. The molecule has 1 aromatic rings. The molecule has 0 spiro atoms. The number of rotatable bonds is 7. The standard InChI is InChI=1S/C11H17N3O3/c1-2-14(7-4-11(16)17)10(15)3-6-13-8-5-12-9-13/h5,8-9H,2-4,6-7H2,1H3,(H,16,17). The lowest BCUT2D eigenvalue weighted by Gasteiger charge is -2.19. The number of nitrogens with zero attached hydrogens (tertiary/aromatic N) is 3. The average Bonchev–Trinajstić information content (AvgIpc) is 2.79. The van der Waals surface area contributed by atoms with Gasteiger partial charge in [0.15, 0.2) is 0 Å². The predicted molar refractivity (Wildman–Crippen MR) is 61.4 cm³/mol. The highest BCUT2D eigenvalue weighted by Gasteiger charge is 2.12. The monoisotopic (exact) mass is 239 g/mol. The van der Waals surface area contributed by atoms with Crippen molar-refractivity contribution in [3.63, 3.8) is 0 Å². The summed E-state index contributed by atoms with van der Waals surface area (Å²) in [6.45, 7) is 3.23. The summed E-state index contributed by atoms with van der Waals surface area (Å²) in [6.07, 6.45) is 5.46. The van der Waals surface area contributed by atoms with Gasteiger partial charge in [-0.05, 0) is 6.92 Å². The van der Waals surface area contributed by atoms with Crippen molar-refractivity contribution >= 4 is 11.9 Å². The Balaban J connectivity index is 2.35. The van der Waals surface area contributed by atoms with Gasteiger partial charge in [0, 0.05) is 38.4 Å². The number of carboxylic acid groups (broad SMARTS) is 1. The molecule has 17 heavy (non-hydrogen) atoms. The highest BCUT2D eigenvalue weighted by atomic mass is 16.4. The van der Waals surface area contributed by atoms with Gasteiger partial charge in [-0.25, -0.2) is 4.98 Å². The van der Waals surface area contributed by atoms with Crippen LogP contribution in [-0.4, -0.2) is 44.5 Å². The summed E-state index contributed by atoms with van der Waals surface area (Å²) in [5.41, 5.74) is 0. The van der Waals surface area contributed by atoms with Gasteiger partial charge in [0.1, 0.15) is 0 Å². The van der Waals surface area contributed by atoms with E-state index in [1.54, 1.807) is 23.6 Å². The third-order valence-electron chi connectivity index (χ3n) is 2.47. The molecule has 6 heteroatoms. The minimum atomic E-state index is -0.883. The second-order valence-electron chi connectivity index (χ2n) is 3.67. The first-order chi connectivity index (χ1) is 8.13. The number of amides is 1. The summed E-state index contributed by atoms with van der Waals surface area (Å²) in [5, 5.41) is 8.57. The Labute approximate surface area is 99.9 Å². The molecule has 6 nitrogen and oxygen atoms in total. The lowest BCUT2D eigenvalue weighted by molar-refractivity contribution is -0.138. The summed E-state index contributed by atoms with van der Waals surface area (Å²) in [4.78, 5) is 27.7. The second kappa shape index (κ2) is 6.67. The molecule has 1 aromatic heterocycles. The molecular formula is C11H17N3O3. The molecule has 0 atom stereocenters.